The minimum atomic E-state index is -0.748. The summed E-state index contributed by atoms with van der Waals surface area (Å²) >= 11 is 7.94. The molecule has 2 atom stereocenters. The van der Waals surface area contributed by atoms with Gasteiger partial charge in [-0.15, -0.1) is 11.3 Å². The van der Waals surface area contributed by atoms with Crippen molar-refractivity contribution < 1.29 is 28.6 Å². The van der Waals surface area contributed by atoms with Gasteiger partial charge in [-0.25, -0.2) is 4.39 Å². The summed E-state index contributed by atoms with van der Waals surface area (Å²) in [6, 6.07) is 10.3. The highest BCUT2D eigenvalue weighted by Crippen LogP contribution is 2.32. The van der Waals surface area contributed by atoms with Crippen molar-refractivity contribution in [3.63, 3.8) is 0 Å². The predicted octanol–water partition coefficient (Wildman–Crippen LogP) is 5.82. The lowest BCUT2D eigenvalue weighted by atomic mass is 9.87. The van der Waals surface area contributed by atoms with E-state index in [0.29, 0.717) is 44.4 Å². The molecule has 2 aromatic carbocycles. The number of aliphatic carboxylic acids is 1. The third-order valence-electron chi connectivity index (χ3n) is 9.12. The zero-order valence-corrected chi connectivity index (χ0v) is 25.3. The number of thiophene rings is 1. The van der Waals surface area contributed by atoms with E-state index in [1.54, 1.807) is 5.38 Å². The number of carboxylic acid groups (broad SMARTS) is 1. The first-order valence-electron chi connectivity index (χ1n) is 14.9. The second-order valence-electron chi connectivity index (χ2n) is 11.8. The number of carboxylic acids is 1. The van der Waals surface area contributed by atoms with Gasteiger partial charge >= 0.3 is 5.97 Å². The fourth-order valence-corrected chi connectivity index (χ4v) is 7.65. The summed E-state index contributed by atoms with van der Waals surface area (Å²) in [4.78, 5) is 42.0. The topological polar surface area (TPSA) is 99.2 Å². The first kappa shape index (κ1) is 30.0. The smallest absolute Gasteiger partial charge is 0.306 e. The molecule has 11 heteroatoms. The van der Waals surface area contributed by atoms with Gasteiger partial charge in [0.25, 0.3) is 5.91 Å². The fraction of sp³-hybridized carbons (Fsp3) is 0.469. The number of fused-ring (bicyclic) bond motifs is 1. The Kier molecular flexibility index (Phi) is 9.00. The first-order chi connectivity index (χ1) is 20.8. The molecule has 1 aliphatic carbocycles. The quantitative estimate of drug-likeness (QED) is 0.310. The van der Waals surface area contributed by atoms with Gasteiger partial charge in [-0.2, -0.15) is 0 Å². The molecule has 1 saturated carbocycles. The molecule has 0 spiro atoms. The molecule has 2 saturated heterocycles. The highest BCUT2D eigenvalue weighted by molar-refractivity contribution is 7.17. The van der Waals surface area contributed by atoms with Gasteiger partial charge in [0.05, 0.1) is 47.4 Å². The van der Waals surface area contributed by atoms with Crippen LogP contribution in [0.5, 0.6) is 0 Å². The van der Waals surface area contributed by atoms with Crippen LogP contribution in [0.15, 0.2) is 41.8 Å². The van der Waals surface area contributed by atoms with Gasteiger partial charge in [-0.1, -0.05) is 29.8 Å². The molecule has 3 aliphatic rings. The van der Waals surface area contributed by atoms with Crippen LogP contribution in [0, 0.1) is 11.7 Å². The van der Waals surface area contributed by atoms with Crippen LogP contribution in [0.1, 0.15) is 54.4 Å². The normalized spacial score (nSPS) is 24.2. The molecule has 3 fully saturated rings. The maximum Gasteiger partial charge on any atom is 0.306 e. The number of hydrogen-bond acceptors (Lipinski definition) is 6. The molecule has 6 rings (SSSR count). The van der Waals surface area contributed by atoms with Crippen LogP contribution in [0.2, 0.25) is 5.02 Å². The summed E-state index contributed by atoms with van der Waals surface area (Å²) in [7, 11) is 0. The molecule has 43 heavy (non-hydrogen) atoms. The molecule has 0 radical (unpaired) electrons. The van der Waals surface area contributed by atoms with E-state index < -0.39 is 11.8 Å². The monoisotopic (exact) mass is 627 g/mol. The summed E-state index contributed by atoms with van der Waals surface area (Å²) in [6.45, 7) is 2.97. The largest absolute Gasteiger partial charge is 0.481 e. The van der Waals surface area contributed by atoms with Crippen LogP contribution in [0.3, 0.4) is 0 Å². The van der Waals surface area contributed by atoms with E-state index in [1.807, 2.05) is 29.2 Å². The van der Waals surface area contributed by atoms with Crippen LogP contribution in [-0.2, 0) is 20.7 Å². The van der Waals surface area contributed by atoms with E-state index in [2.05, 4.69) is 10.2 Å². The summed E-state index contributed by atoms with van der Waals surface area (Å²) in [5.41, 5.74) is 0.817. The molecule has 2 amide bonds. The molecule has 2 N–H and O–H groups in total. The van der Waals surface area contributed by atoms with Crippen LogP contribution >= 0.6 is 22.9 Å². The number of amides is 2. The maximum atomic E-state index is 15.3. The lowest BCUT2D eigenvalue weighted by molar-refractivity contribution is -0.144. The minimum Gasteiger partial charge on any atom is -0.481 e. The highest BCUT2D eigenvalue weighted by atomic mass is 35.5. The molecule has 1 unspecified atom stereocenters. The van der Waals surface area contributed by atoms with Crippen LogP contribution in [0.4, 0.5) is 10.1 Å². The number of halogens is 2. The number of nitrogens with zero attached hydrogens (tertiary/aromatic N) is 2. The van der Waals surface area contributed by atoms with Crippen molar-refractivity contribution in [2.75, 3.05) is 31.6 Å². The Morgan fingerprint density at radius 2 is 1.88 bits per heavy atom. The van der Waals surface area contributed by atoms with Gasteiger partial charge in [-0.05, 0) is 75.4 Å². The number of hydrogen-bond donors (Lipinski definition) is 2. The van der Waals surface area contributed by atoms with E-state index in [9.17, 15) is 19.5 Å². The number of carbonyl (C=O) groups is 3. The van der Waals surface area contributed by atoms with Crippen molar-refractivity contribution >= 4 is 56.5 Å². The highest BCUT2D eigenvalue weighted by Gasteiger charge is 2.40. The third-order valence-corrected chi connectivity index (χ3v) is 10.4. The Morgan fingerprint density at radius 1 is 1.12 bits per heavy atom. The number of likely N-dealkylation sites (tertiary alicyclic amines) is 2. The molecule has 2 aliphatic heterocycles. The van der Waals surface area contributed by atoms with E-state index in [0.717, 1.165) is 36.0 Å². The molecule has 1 aromatic heterocycles. The van der Waals surface area contributed by atoms with Crippen molar-refractivity contribution in [1.29, 1.82) is 0 Å². The Morgan fingerprint density at radius 3 is 2.60 bits per heavy atom. The number of rotatable bonds is 9. The molecular formula is C32H35ClFN3O5S. The second kappa shape index (κ2) is 12.9. The standard InChI is InChI=1S/C32H35ClFN3O5S/c33-26-12-20(27(34)15-28(26)35-31(39)25-18-43-29-5-2-1-4-24(25)29)13-30(38)37-16-21(36-10-3-11-36)14-22(37)17-42-23-8-6-19(7-9-23)32(40)41/h1-2,4-5,12,15,18-19,21-23H,3,6-11,13-14,16-17H2,(H,35,39)(H,40,41)/t19-,21-,22?,23-/m0/s1. The minimum absolute atomic E-state index is 0.0123. The number of benzene rings is 2. The van der Waals surface area contributed by atoms with Crippen LogP contribution in [0.25, 0.3) is 10.1 Å². The van der Waals surface area contributed by atoms with Crippen molar-refractivity contribution in [3.8, 4) is 0 Å². The van der Waals surface area contributed by atoms with E-state index in [4.69, 9.17) is 16.3 Å². The first-order valence-corrected chi connectivity index (χ1v) is 16.2. The summed E-state index contributed by atoms with van der Waals surface area (Å²) in [6.07, 6.45) is 4.37. The lowest BCUT2D eigenvalue weighted by Gasteiger charge is -2.36. The van der Waals surface area contributed by atoms with Crippen LogP contribution < -0.4 is 5.32 Å². The number of nitrogens with one attached hydrogen (secondary N) is 1. The van der Waals surface area contributed by atoms with Gasteiger partial charge in [0.2, 0.25) is 5.91 Å². The third kappa shape index (κ3) is 6.57. The fourth-order valence-electron chi connectivity index (χ4n) is 6.48. The molecule has 0 bridgehead atoms. The molecule has 3 aromatic rings. The zero-order chi connectivity index (χ0) is 30.1. The van der Waals surface area contributed by atoms with Gasteiger partial charge in [0.15, 0.2) is 0 Å². The van der Waals surface area contributed by atoms with E-state index >= 15 is 4.39 Å². The van der Waals surface area contributed by atoms with Crippen LogP contribution in [-0.4, -0.2) is 77.1 Å². The Balaban J connectivity index is 1.11. The van der Waals surface area contributed by atoms with Crippen molar-refractivity contribution in [1.82, 2.24) is 9.80 Å². The lowest BCUT2D eigenvalue weighted by Crippen LogP contribution is -2.46. The van der Waals surface area contributed by atoms with Gasteiger partial charge in [0.1, 0.15) is 5.82 Å². The van der Waals surface area contributed by atoms with Gasteiger partial charge in [0, 0.05) is 28.1 Å². The maximum absolute atomic E-state index is 15.3. The average molecular weight is 628 g/mol. The second-order valence-corrected chi connectivity index (χ2v) is 13.1. The van der Waals surface area contributed by atoms with Gasteiger partial charge in [-0.3, -0.25) is 19.3 Å². The summed E-state index contributed by atoms with van der Waals surface area (Å²) < 4.78 is 22.5. The van der Waals surface area contributed by atoms with Gasteiger partial charge < -0.3 is 20.1 Å². The SMILES string of the molecule is O=C(Nc1cc(F)c(CC(=O)N2C[C@@H](N3CCC3)CC2CO[C@H]2CC[C@H](C(=O)O)CC2)cc1Cl)c1csc2ccccc12. The molecule has 3 heterocycles. The van der Waals surface area contributed by atoms with Crippen molar-refractivity contribution in [3.05, 3.63) is 63.7 Å². The number of ether oxygens (including phenoxy) is 1. The summed E-state index contributed by atoms with van der Waals surface area (Å²) in [5.74, 6) is -2.23. The summed E-state index contributed by atoms with van der Waals surface area (Å²) in [5, 5.41) is 14.7. The molecule has 228 valence electrons. The van der Waals surface area contributed by atoms with Crippen molar-refractivity contribution in [2.24, 2.45) is 5.92 Å². The molecule has 8 nitrogen and oxygen atoms in total. The van der Waals surface area contributed by atoms with E-state index in [1.165, 1.54) is 23.5 Å². The Labute approximate surface area is 258 Å². The Hall–Kier alpha value is -3.05. The molecular weight excluding hydrogens is 593 g/mol. The van der Waals surface area contributed by atoms with E-state index in [-0.39, 0.29) is 58.6 Å². The van der Waals surface area contributed by atoms with Crippen molar-refractivity contribution in [2.45, 2.75) is 63.1 Å². The number of anilines is 1. The Bertz CT molecular complexity index is 1520. The average Bonchev–Trinajstić information content (AvgIpc) is 3.58. The zero-order valence-electron chi connectivity index (χ0n) is 23.8. The number of carbonyl (C=O) groups excluding carboxylic acids is 2. The predicted molar refractivity (Wildman–Crippen MR) is 164 cm³/mol.